The van der Waals surface area contributed by atoms with Gasteiger partial charge >= 0.3 is 0 Å². The van der Waals surface area contributed by atoms with Crippen molar-refractivity contribution in [3.05, 3.63) is 57.3 Å². The number of aryl methyl sites for hydroxylation is 2. The van der Waals surface area contributed by atoms with Crippen LogP contribution in [-0.4, -0.2) is 41.0 Å². The largest absolute Gasteiger partial charge is 0.339 e. The third kappa shape index (κ3) is 4.94. The lowest BCUT2D eigenvalue weighted by molar-refractivity contribution is -0.130. The summed E-state index contributed by atoms with van der Waals surface area (Å²) in [6.45, 7) is 6.29. The molecule has 3 aromatic rings. The Hall–Kier alpha value is -2.56. The topological polar surface area (TPSA) is 111 Å². The zero-order valence-electron chi connectivity index (χ0n) is 17.4. The highest BCUT2D eigenvalue weighted by Crippen LogP contribution is 2.21. The standard InChI is InChI=1S/C20H25N5O3S2/c1-13-12-29-19(22-13)11-24(4)20(26)10-9-18-14(2)23-25(15(18)3)16-5-7-17(8-6-16)30(21,27)28/h5-8,12H,9-11H2,1-4H3,(H2,21,27,28). The quantitative estimate of drug-likeness (QED) is 0.598. The molecule has 0 unspecified atom stereocenters. The molecule has 2 aromatic heterocycles. The molecule has 1 aromatic carbocycles. The lowest BCUT2D eigenvalue weighted by atomic mass is 10.1. The molecule has 0 aliphatic carbocycles. The Morgan fingerprint density at radius 1 is 1.20 bits per heavy atom. The van der Waals surface area contributed by atoms with Crippen LogP contribution in [0.15, 0.2) is 34.5 Å². The van der Waals surface area contributed by atoms with Crippen LogP contribution in [0.5, 0.6) is 0 Å². The van der Waals surface area contributed by atoms with Gasteiger partial charge in [-0.25, -0.2) is 23.2 Å². The molecule has 0 aliphatic heterocycles. The number of primary sulfonamides is 1. The third-order valence-electron chi connectivity index (χ3n) is 4.90. The molecule has 3 rings (SSSR count). The minimum atomic E-state index is -3.74. The van der Waals surface area contributed by atoms with Crippen LogP contribution in [0.2, 0.25) is 0 Å². The third-order valence-corrected chi connectivity index (χ3v) is 6.79. The minimum absolute atomic E-state index is 0.0481. The Morgan fingerprint density at radius 2 is 1.87 bits per heavy atom. The van der Waals surface area contributed by atoms with Gasteiger partial charge in [0.25, 0.3) is 0 Å². The van der Waals surface area contributed by atoms with Gasteiger partial charge in [-0.3, -0.25) is 4.79 Å². The highest BCUT2D eigenvalue weighted by Gasteiger charge is 2.17. The number of hydrogen-bond acceptors (Lipinski definition) is 6. The molecule has 0 saturated carbocycles. The second-order valence-electron chi connectivity index (χ2n) is 7.23. The predicted molar refractivity (Wildman–Crippen MR) is 116 cm³/mol. The van der Waals surface area contributed by atoms with Crippen LogP contribution >= 0.6 is 11.3 Å². The molecule has 0 aliphatic rings. The number of aromatic nitrogens is 3. The summed E-state index contributed by atoms with van der Waals surface area (Å²) >= 11 is 1.55. The minimum Gasteiger partial charge on any atom is -0.339 e. The summed E-state index contributed by atoms with van der Waals surface area (Å²) in [5, 5.41) is 12.6. The summed E-state index contributed by atoms with van der Waals surface area (Å²) < 4.78 is 24.6. The zero-order valence-corrected chi connectivity index (χ0v) is 19.0. The van der Waals surface area contributed by atoms with E-state index in [1.807, 2.05) is 26.2 Å². The lowest BCUT2D eigenvalue weighted by Crippen LogP contribution is -2.26. The Kier molecular flexibility index (Phi) is 6.39. The first-order valence-corrected chi connectivity index (χ1v) is 11.8. The molecule has 1 amide bonds. The summed E-state index contributed by atoms with van der Waals surface area (Å²) in [5.41, 5.74) is 4.47. The van der Waals surface area contributed by atoms with Gasteiger partial charge in [-0.05, 0) is 57.0 Å². The van der Waals surface area contributed by atoms with E-state index in [0.717, 1.165) is 33.3 Å². The fraction of sp³-hybridized carbons (Fsp3) is 0.350. The van der Waals surface area contributed by atoms with Crippen LogP contribution in [0, 0.1) is 20.8 Å². The number of nitrogens with two attached hydrogens (primary N) is 1. The first kappa shape index (κ1) is 22.1. The normalized spacial score (nSPS) is 11.6. The van der Waals surface area contributed by atoms with Gasteiger partial charge in [-0.1, -0.05) is 0 Å². The van der Waals surface area contributed by atoms with Crippen LogP contribution < -0.4 is 5.14 Å². The van der Waals surface area contributed by atoms with Crippen molar-refractivity contribution in [3.63, 3.8) is 0 Å². The number of hydrogen-bond donors (Lipinski definition) is 1. The smallest absolute Gasteiger partial charge is 0.238 e. The van der Waals surface area contributed by atoms with Crippen LogP contribution in [0.3, 0.4) is 0 Å². The van der Waals surface area contributed by atoms with E-state index in [1.165, 1.54) is 12.1 Å². The van der Waals surface area contributed by atoms with E-state index in [0.29, 0.717) is 19.4 Å². The molecule has 10 heteroatoms. The monoisotopic (exact) mass is 447 g/mol. The highest BCUT2D eigenvalue weighted by molar-refractivity contribution is 7.89. The van der Waals surface area contributed by atoms with Gasteiger partial charge in [0.05, 0.1) is 22.8 Å². The van der Waals surface area contributed by atoms with Crippen LogP contribution in [0.4, 0.5) is 0 Å². The summed E-state index contributed by atoms with van der Waals surface area (Å²) in [6, 6.07) is 6.25. The molecule has 8 nitrogen and oxygen atoms in total. The molecule has 160 valence electrons. The van der Waals surface area contributed by atoms with Gasteiger partial charge in [0.1, 0.15) is 5.01 Å². The maximum absolute atomic E-state index is 12.6. The van der Waals surface area contributed by atoms with E-state index in [1.54, 1.807) is 40.1 Å². The van der Waals surface area contributed by atoms with E-state index in [-0.39, 0.29) is 10.8 Å². The molecule has 0 radical (unpaired) electrons. The lowest BCUT2D eigenvalue weighted by Gasteiger charge is -2.15. The Balaban J connectivity index is 1.70. The molecule has 0 atom stereocenters. The Morgan fingerprint density at radius 3 is 2.43 bits per heavy atom. The predicted octanol–water partition coefficient (Wildman–Crippen LogP) is 2.49. The molecule has 2 N–H and O–H groups in total. The van der Waals surface area contributed by atoms with Crippen molar-refractivity contribution in [2.75, 3.05) is 7.05 Å². The summed E-state index contributed by atoms with van der Waals surface area (Å²) in [5.74, 6) is 0.0481. The van der Waals surface area contributed by atoms with E-state index >= 15 is 0 Å². The number of benzene rings is 1. The molecule has 2 heterocycles. The molecular formula is C20H25N5O3S2. The first-order valence-electron chi connectivity index (χ1n) is 9.39. The summed E-state index contributed by atoms with van der Waals surface area (Å²) in [4.78, 5) is 18.7. The van der Waals surface area contributed by atoms with Gasteiger partial charge < -0.3 is 4.90 Å². The molecule has 0 saturated heterocycles. The van der Waals surface area contributed by atoms with Crippen molar-refractivity contribution in [2.24, 2.45) is 5.14 Å². The van der Waals surface area contributed by atoms with E-state index in [2.05, 4.69) is 10.1 Å². The van der Waals surface area contributed by atoms with Gasteiger partial charge in [0.2, 0.25) is 15.9 Å². The SMILES string of the molecule is Cc1csc(CN(C)C(=O)CCc2c(C)nn(-c3ccc(S(N)(=O)=O)cc3)c2C)n1. The van der Waals surface area contributed by atoms with Crippen LogP contribution in [0.25, 0.3) is 5.69 Å². The molecular weight excluding hydrogens is 422 g/mol. The highest BCUT2D eigenvalue weighted by atomic mass is 32.2. The molecule has 0 fully saturated rings. The maximum Gasteiger partial charge on any atom is 0.238 e. The first-order chi connectivity index (χ1) is 14.1. The summed E-state index contributed by atoms with van der Waals surface area (Å²) in [7, 11) is -1.95. The fourth-order valence-corrected chi connectivity index (χ4v) is 4.59. The Bertz CT molecular complexity index is 1160. The van der Waals surface area contributed by atoms with Gasteiger partial charge in [0.15, 0.2) is 0 Å². The summed E-state index contributed by atoms with van der Waals surface area (Å²) in [6.07, 6.45) is 0.950. The molecule has 0 spiro atoms. The number of amides is 1. The average molecular weight is 448 g/mol. The second kappa shape index (κ2) is 8.66. The maximum atomic E-state index is 12.6. The van der Waals surface area contributed by atoms with Crippen molar-refractivity contribution in [2.45, 2.75) is 45.1 Å². The van der Waals surface area contributed by atoms with Gasteiger partial charge in [0, 0.05) is 30.2 Å². The number of sulfonamides is 1. The van der Waals surface area contributed by atoms with E-state index in [4.69, 9.17) is 5.14 Å². The fourth-order valence-electron chi connectivity index (χ4n) is 3.25. The number of nitrogens with zero attached hydrogens (tertiary/aromatic N) is 4. The van der Waals surface area contributed by atoms with Crippen molar-refractivity contribution in [3.8, 4) is 5.69 Å². The van der Waals surface area contributed by atoms with Crippen LogP contribution in [0.1, 0.15) is 34.1 Å². The molecule has 30 heavy (non-hydrogen) atoms. The number of rotatable bonds is 7. The van der Waals surface area contributed by atoms with Gasteiger partial charge in [-0.15, -0.1) is 11.3 Å². The Labute approximate surface area is 180 Å². The van der Waals surface area contributed by atoms with Crippen molar-refractivity contribution in [1.29, 1.82) is 0 Å². The van der Waals surface area contributed by atoms with Crippen LogP contribution in [-0.2, 0) is 27.8 Å². The number of carbonyl (C=O) groups excluding carboxylic acids is 1. The number of thiazole rings is 1. The second-order valence-corrected chi connectivity index (χ2v) is 9.74. The van der Waals surface area contributed by atoms with Crippen molar-refractivity contribution < 1.29 is 13.2 Å². The van der Waals surface area contributed by atoms with E-state index < -0.39 is 10.0 Å². The number of carbonyl (C=O) groups is 1. The molecule has 0 bridgehead atoms. The zero-order chi connectivity index (χ0) is 22.1. The van der Waals surface area contributed by atoms with Gasteiger partial charge in [-0.2, -0.15) is 5.10 Å². The van der Waals surface area contributed by atoms with Crippen molar-refractivity contribution in [1.82, 2.24) is 19.7 Å². The van der Waals surface area contributed by atoms with E-state index in [9.17, 15) is 13.2 Å². The average Bonchev–Trinajstić information content (AvgIpc) is 3.21. The van der Waals surface area contributed by atoms with Crippen molar-refractivity contribution >= 4 is 27.3 Å².